The summed E-state index contributed by atoms with van der Waals surface area (Å²) in [5, 5.41) is 1.64. The lowest BCUT2D eigenvalue weighted by Gasteiger charge is -2.01. The van der Waals surface area contributed by atoms with Gasteiger partial charge >= 0.3 is 0 Å². The van der Waals surface area contributed by atoms with Gasteiger partial charge in [-0.25, -0.2) is 4.98 Å². The van der Waals surface area contributed by atoms with E-state index in [0.717, 1.165) is 26.7 Å². The number of thiazole rings is 1. The van der Waals surface area contributed by atoms with E-state index in [1.807, 2.05) is 42.5 Å². The van der Waals surface area contributed by atoms with Crippen molar-refractivity contribution >= 4 is 44.1 Å². The fourth-order valence-electron chi connectivity index (χ4n) is 2.23. The number of benzene rings is 2. The molecule has 0 aliphatic rings. The number of ether oxygens (including phenoxy) is 1. The van der Waals surface area contributed by atoms with Crippen LogP contribution in [-0.2, 0) is 5.88 Å². The Morgan fingerprint density at radius 1 is 1.19 bits per heavy atom. The molecule has 0 unspecified atom stereocenters. The molecule has 2 aromatic heterocycles. The molecular formula is C16H10ClNO2S. The predicted octanol–water partition coefficient (Wildman–Crippen LogP) is 5.57. The van der Waals surface area contributed by atoms with E-state index in [2.05, 4.69) is 4.98 Å². The van der Waals surface area contributed by atoms with Crippen molar-refractivity contribution in [2.45, 2.75) is 5.88 Å². The van der Waals surface area contributed by atoms with Gasteiger partial charge in [-0.3, -0.25) is 0 Å². The highest BCUT2D eigenvalue weighted by Gasteiger charge is 2.09. The number of aromatic nitrogens is 1. The van der Waals surface area contributed by atoms with Crippen LogP contribution in [0.1, 0.15) is 5.56 Å². The molecule has 4 aromatic rings. The maximum absolute atomic E-state index is 5.86. The summed E-state index contributed by atoms with van der Waals surface area (Å²) in [7, 11) is 0. The summed E-state index contributed by atoms with van der Waals surface area (Å²) < 4.78 is 12.4. The minimum absolute atomic E-state index is 0.436. The molecule has 104 valence electrons. The lowest BCUT2D eigenvalue weighted by atomic mass is 10.2. The van der Waals surface area contributed by atoms with Crippen molar-refractivity contribution in [3.63, 3.8) is 0 Å². The maximum Gasteiger partial charge on any atom is 0.279 e. The number of rotatable bonds is 3. The second-order valence-corrected chi connectivity index (χ2v) is 5.86. The van der Waals surface area contributed by atoms with Crippen LogP contribution in [0.4, 0.5) is 0 Å². The Kier molecular flexibility index (Phi) is 3.05. The van der Waals surface area contributed by atoms with Crippen molar-refractivity contribution < 1.29 is 9.15 Å². The van der Waals surface area contributed by atoms with Crippen molar-refractivity contribution in [2.75, 3.05) is 0 Å². The van der Waals surface area contributed by atoms with E-state index >= 15 is 0 Å². The third kappa shape index (κ3) is 2.26. The standard InChI is InChI=1S/C16H10ClNO2S/c17-8-10-9-19-14-7-11(5-6-12(10)14)20-16-18-13-3-1-2-4-15(13)21-16/h1-7,9H,8H2. The summed E-state index contributed by atoms with van der Waals surface area (Å²) in [5.74, 6) is 1.14. The largest absolute Gasteiger partial charge is 0.464 e. The first-order chi connectivity index (χ1) is 10.3. The van der Waals surface area contributed by atoms with E-state index in [9.17, 15) is 0 Å². The fourth-order valence-corrected chi connectivity index (χ4v) is 3.27. The number of para-hydroxylation sites is 1. The highest BCUT2D eigenvalue weighted by molar-refractivity contribution is 7.20. The SMILES string of the molecule is ClCc1coc2cc(Oc3nc4ccccc4s3)ccc12. The third-order valence-corrected chi connectivity index (χ3v) is 4.45. The van der Waals surface area contributed by atoms with Gasteiger partial charge in [0.25, 0.3) is 5.19 Å². The van der Waals surface area contributed by atoms with Crippen LogP contribution in [0.3, 0.4) is 0 Å². The Labute approximate surface area is 129 Å². The van der Waals surface area contributed by atoms with Crippen LogP contribution in [0, 0.1) is 0 Å². The van der Waals surface area contributed by atoms with E-state index < -0.39 is 0 Å². The second kappa shape index (κ2) is 5.06. The Hall–Kier alpha value is -2.04. The number of furan rings is 1. The van der Waals surface area contributed by atoms with E-state index in [1.54, 1.807) is 6.26 Å². The first-order valence-electron chi connectivity index (χ1n) is 6.43. The van der Waals surface area contributed by atoms with E-state index in [-0.39, 0.29) is 0 Å². The lowest BCUT2D eigenvalue weighted by molar-refractivity contribution is 0.479. The van der Waals surface area contributed by atoms with Gasteiger partial charge in [0.1, 0.15) is 11.3 Å². The van der Waals surface area contributed by atoms with Crippen molar-refractivity contribution in [3.05, 3.63) is 54.3 Å². The molecule has 0 bridgehead atoms. The number of fused-ring (bicyclic) bond motifs is 2. The molecule has 2 heterocycles. The van der Waals surface area contributed by atoms with Crippen LogP contribution < -0.4 is 4.74 Å². The zero-order valence-corrected chi connectivity index (χ0v) is 12.4. The first kappa shape index (κ1) is 12.7. The number of nitrogens with zero attached hydrogens (tertiary/aromatic N) is 1. The van der Waals surface area contributed by atoms with Gasteiger partial charge < -0.3 is 9.15 Å². The molecule has 0 saturated heterocycles. The molecule has 0 aliphatic heterocycles. The number of halogens is 1. The van der Waals surface area contributed by atoms with Gasteiger partial charge in [-0.1, -0.05) is 23.5 Å². The summed E-state index contributed by atoms with van der Waals surface area (Å²) in [6.07, 6.45) is 1.68. The van der Waals surface area contributed by atoms with E-state index in [0.29, 0.717) is 16.8 Å². The minimum atomic E-state index is 0.436. The summed E-state index contributed by atoms with van der Waals surface area (Å²) in [5.41, 5.74) is 2.70. The third-order valence-electron chi connectivity index (χ3n) is 3.25. The van der Waals surface area contributed by atoms with Gasteiger partial charge in [0, 0.05) is 17.0 Å². The van der Waals surface area contributed by atoms with Gasteiger partial charge in [-0.2, -0.15) is 0 Å². The molecule has 0 spiro atoms. The zero-order valence-electron chi connectivity index (χ0n) is 10.9. The highest BCUT2D eigenvalue weighted by Crippen LogP contribution is 2.33. The van der Waals surface area contributed by atoms with Gasteiger partial charge in [-0.15, -0.1) is 11.6 Å². The van der Waals surface area contributed by atoms with E-state index in [1.165, 1.54) is 11.3 Å². The molecule has 4 rings (SSSR count). The van der Waals surface area contributed by atoms with Crippen LogP contribution in [0.25, 0.3) is 21.2 Å². The zero-order chi connectivity index (χ0) is 14.2. The first-order valence-corrected chi connectivity index (χ1v) is 7.78. The number of alkyl halides is 1. The molecule has 0 atom stereocenters. The topological polar surface area (TPSA) is 35.3 Å². The Morgan fingerprint density at radius 2 is 2.10 bits per heavy atom. The molecule has 5 heteroatoms. The average Bonchev–Trinajstić information content (AvgIpc) is 3.09. The van der Waals surface area contributed by atoms with Crippen molar-refractivity contribution in [3.8, 4) is 10.9 Å². The normalized spacial score (nSPS) is 11.3. The summed E-state index contributed by atoms with van der Waals surface area (Å²) in [6, 6.07) is 13.7. The Bertz CT molecular complexity index is 895. The average molecular weight is 316 g/mol. The lowest BCUT2D eigenvalue weighted by Crippen LogP contribution is -1.82. The van der Waals surface area contributed by atoms with Crippen molar-refractivity contribution in [1.82, 2.24) is 4.98 Å². The predicted molar refractivity (Wildman–Crippen MR) is 85.5 cm³/mol. The molecule has 3 nitrogen and oxygen atoms in total. The maximum atomic E-state index is 5.86. The van der Waals surface area contributed by atoms with Gasteiger partial charge in [-0.05, 0) is 24.3 Å². The van der Waals surface area contributed by atoms with Crippen LogP contribution in [0.15, 0.2) is 53.1 Å². The van der Waals surface area contributed by atoms with Crippen molar-refractivity contribution in [1.29, 1.82) is 0 Å². The van der Waals surface area contributed by atoms with Crippen LogP contribution in [0.5, 0.6) is 10.9 Å². The van der Waals surface area contributed by atoms with Crippen molar-refractivity contribution in [2.24, 2.45) is 0 Å². The number of hydrogen-bond acceptors (Lipinski definition) is 4. The molecule has 0 aliphatic carbocycles. The smallest absolute Gasteiger partial charge is 0.279 e. The molecular weight excluding hydrogens is 306 g/mol. The second-order valence-electron chi connectivity index (χ2n) is 4.60. The molecule has 0 radical (unpaired) electrons. The highest BCUT2D eigenvalue weighted by atomic mass is 35.5. The Balaban J connectivity index is 1.70. The fraction of sp³-hybridized carbons (Fsp3) is 0.0625. The molecule has 2 aromatic carbocycles. The van der Waals surface area contributed by atoms with Gasteiger partial charge in [0.15, 0.2) is 0 Å². The minimum Gasteiger partial charge on any atom is -0.464 e. The quantitative estimate of drug-likeness (QED) is 0.463. The molecule has 0 saturated carbocycles. The van der Waals surface area contributed by atoms with Crippen LogP contribution in [0.2, 0.25) is 0 Å². The van der Waals surface area contributed by atoms with Gasteiger partial charge in [0.05, 0.1) is 22.4 Å². The number of hydrogen-bond donors (Lipinski definition) is 0. The van der Waals surface area contributed by atoms with Crippen LogP contribution >= 0.6 is 22.9 Å². The molecule has 0 N–H and O–H groups in total. The molecule has 0 fully saturated rings. The summed E-state index contributed by atoms with van der Waals surface area (Å²) >= 11 is 7.38. The molecule has 21 heavy (non-hydrogen) atoms. The Morgan fingerprint density at radius 3 is 2.95 bits per heavy atom. The van der Waals surface area contributed by atoms with Crippen LogP contribution in [-0.4, -0.2) is 4.98 Å². The monoisotopic (exact) mass is 315 g/mol. The summed E-state index contributed by atoms with van der Waals surface area (Å²) in [6.45, 7) is 0. The van der Waals surface area contributed by atoms with E-state index in [4.69, 9.17) is 20.8 Å². The van der Waals surface area contributed by atoms with Gasteiger partial charge in [0.2, 0.25) is 0 Å². The summed E-state index contributed by atoms with van der Waals surface area (Å²) in [4.78, 5) is 4.45. The molecule has 0 amide bonds.